The lowest BCUT2D eigenvalue weighted by Gasteiger charge is -2.33. The lowest BCUT2D eigenvalue weighted by molar-refractivity contribution is 0.273. The van der Waals surface area contributed by atoms with E-state index in [1.807, 2.05) is 12.1 Å². The van der Waals surface area contributed by atoms with Crippen molar-refractivity contribution in [3.05, 3.63) is 23.8 Å². The number of hydrogen-bond donors (Lipinski definition) is 2. The summed E-state index contributed by atoms with van der Waals surface area (Å²) < 4.78 is 5.14. The number of para-hydroxylation sites is 1. The van der Waals surface area contributed by atoms with Gasteiger partial charge in [0.05, 0.1) is 13.7 Å². The second-order valence-electron chi connectivity index (χ2n) is 5.81. The number of halogens is 1. The number of aliphatic imine (C=N–C) groups is 1. The van der Waals surface area contributed by atoms with E-state index in [2.05, 4.69) is 29.1 Å². The van der Waals surface area contributed by atoms with Crippen LogP contribution in [0, 0.1) is 5.92 Å². The van der Waals surface area contributed by atoms with Crippen molar-refractivity contribution in [3.8, 4) is 11.5 Å². The number of benzene rings is 1. The number of likely N-dealkylation sites (tertiary alicyclic amines) is 1. The highest BCUT2D eigenvalue weighted by atomic mass is 127. The van der Waals surface area contributed by atoms with Gasteiger partial charge in [-0.2, -0.15) is 0 Å². The standard InChI is InChI=1S/C17H27N3O2.HI/c1-4-18-17(20-10-8-13(2)9-11-20)19-12-14-6-5-7-15(22-3)16(14)21;/h5-7,13,21H,4,8-12H2,1-3H3,(H,18,19);1H. The van der Waals surface area contributed by atoms with Crippen molar-refractivity contribution in [3.63, 3.8) is 0 Å². The number of methoxy groups -OCH3 is 1. The first-order chi connectivity index (χ1) is 10.7. The van der Waals surface area contributed by atoms with Gasteiger partial charge >= 0.3 is 0 Å². The number of piperidine rings is 1. The highest BCUT2D eigenvalue weighted by Crippen LogP contribution is 2.29. The SMILES string of the molecule is CCNC(=NCc1cccc(OC)c1O)N1CCC(C)CC1.I. The zero-order valence-electron chi connectivity index (χ0n) is 14.2. The van der Waals surface area contributed by atoms with Crippen LogP contribution in [0.2, 0.25) is 0 Å². The van der Waals surface area contributed by atoms with Gasteiger partial charge in [0.1, 0.15) is 0 Å². The molecule has 0 unspecified atom stereocenters. The molecule has 2 rings (SSSR count). The topological polar surface area (TPSA) is 57.1 Å². The average Bonchev–Trinajstić information content (AvgIpc) is 2.53. The van der Waals surface area contributed by atoms with Crippen molar-refractivity contribution in [2.24, 2.45) is 10.9 Å². The maximum absolute atomic E-state index is 10.1. The van der Waals surface area contributed by atoms with E-state index in [0.29, 0.717) is 12.3 Å². The maximum atomic E-state index is 10.1. The summed E-state index contributed by atoms with van der Waals surface area (Å²) in [5.74, 6) is 2.39. The number of guanidine groups is 1. The summed E-state index contributed by atoms with van der Waals surface area (Å²) in [7, 11) is 1.56. The summed E-state index contributed by atoms with van der Waals surface area (Å²) in [5, 5.41) is 13.5. The number of hydrogen-bond acceptors (Lipinski definition) is 3. The Morgan fingerprint density at radius 2 is 2.09 bits per heavy atom. The Bertz CT molecular complexity index is 515. The van der Waals surface area contributed by atoms with Gasteiger partial charge in [-0.15, -0.1) is 24.0 Å². The number of nitrogens with zero attached hydrogens (tertiary/aromatic N) is 2. The van der Waals surface area contributed by atoms with Crippen LogP contribution in [-0.4, -0.2) is 42.7 Å². The van der Waals surface area contributed by atoms with Crippen LogP contribution in [0.15, 0.2) is 23.2 Å². The largest absolute Gasteiger partial charge is 0.504 e. The van der Waals surface area contributed by atoms with Gasteiger partial charge in [-0.25, -0.2) is 4.99 Å². The molecule has 23 heavy (non-hydrogen) atoms. The number of phenols is 1. The normalized spacial score (nSPS) is 16.0. The summed E-state index contributed by atoms with van der Waals surface area (Å²) in [4.78, 5) is 6.99. The molecule has 1 aliphatic heterocycles. The molecule has 1 aromatic carbocycles. The summed E-state index contributed by atoms with van der Waals surface area (Å²) in [5.41, 5.74) is 0.778. The Balaban J connectivity index is 0.00000264. The molecule has 0 bridgehead atoms. The van der Waals surface area contributed by atoms with Gasteiger partial charge in [0.25, 0.3) is 0 Å². The minimum Gasteiger partial charge on any atom is -0.504 e. The quantitative estimate of drug-likeness (QED) is 0.435. The smallest absolute Gasteiger partial charge is 0.194 e. The van der Waals surface area contributed by atoms with Crippen molar-refractivity contribution in [2.75, 3.05) is 26.7 Å². The van der Waals surface area contributed by atoms with E-state index in [1.165, 1.54) is 12.8 Å². The van der Waals surface area contributed by atoms with Gasteiger partial charge in [-0.1, -0.05) is 19.1 Å². The predicted octanol–water partition coefficient (Wildman–Crippen LogP) is 3.22. The molecule has 130 valence electrons. The Labute approximate surface area is 156 Å². The minimum absolute atomic E-state index is 0. The van der Waals surface area contributed by atoms with E-state index >= 15 is 0 Å². The van der Waals surface area contributed by atoms with Gasteiger partial charge in [0.15, 0.2) is 17.5 Å². The highest BCUT2D eigenvalue weighted by molar-refractivity contribution is 14.0. The van der Waals surface area contributed by atoms with Gasteiger partial charge in [-0.3, -0.25) is 0 Å². The van der Waals surface area contributed by atoms with Crippen LogP contribution in [0.4, 0.5) is 0 Å². The van der Waals surface area contributed by atoms with E-state index in [1.54, 1.807) is 13.2 Å². The Hall–Kier alpha value is -1.18. The van der Waals surface area contributed by atoms with Crippen molar-refractivity contribution >= 4 is 29.9 Å². The molecule has 0 amide bonds. The van der Waals surface area contributed by atoms with Gasteiger partial charge in [0, 0.05) is 25.2 Å². The van der Waals surface area contributed by atoms with E-state index in [0.717, 1.165) is 37.1 Å². The molecule has 1 heterocycles. The van der Waals surface area contributed by atoms with E-state index in [-0.39, 0.29) is 29.7 Å². The number of nitrogens with one attached hydrogen (secondary N) is 1. The van der Waals surface area contributed by atoms with Crippen molar-refractivity contribution in [1.82, 2.24) is 10.2 Å². The fraction of sp³-hybridized carbons (Fsp3) is 0.588. The van der Waals surface area contributed by atoms with Gasteiger partial charge < -0.3 is 20.1 Å². The molecular formula is C17H28IN3O2. The maximum Gasteiger partial charge on any atom is 0.194 e. The average molecular weight is 433 g/mol. The van der Waals surface area contributed by atoms with Crippen LogP contribution in [0.1, 0.15) is 32.3 Å². The van der Waals surface area contributed by atoms with Gasteiger partial charge in [-0.05, 0) is 31.7 Å². The molecule has 2 N–H and O–H groups in total. The zero-order valence-corrected chi connectivity index (χ0v) is 16.5. The van der Waals surface area contributed by atoms with Crippen LogP contribution >= 0.6 is 24.0 Å². The van der Waals surface area contributed by atoms with Gasteiger partial charge in [0.2, 0.25) is 0 Å². The molecule has 5 nitrogen and oxygen atoms in total. The first-order valence-corrected chi connectivity index (χ1v) is 8.03. The van der Waals surface area contributed by atoms with Crippen LogP contribution in [0.5, 0.6) is 11.5 Å². The molecule has 0 aliphatic carbocycles. The van der Waals surface area contributed by atoms with Crippen LogP contribution in [-0.2, 0) is 6.54 Å². The predicted molar refractivity (Wildman–Crippen MR) is 105 cm³/mol. The number of phenolic OH excluding ortho intramolecular Hbond substituents is 1. The lowest BCUT2D eigenvalue weighted by atomic mass is 10.00. The van der Waals surface area contributed by atoms with Crippen molar-refractivity contribution in [1.29, 1.82) is 0 Å². The summed E-state index contributed by atoms with van der Waals surface area (Å²) >= 11 is 0. The molecular weight excluding hydrogens is 405 g/mol. The Morgan fingerprint density at radius 3 is 2.70 bits per heavy atom. The van der Waals surface area contributed by atoms with E-state index < -0.39 is 0 Å². The van der Waals surface area contributed by atoms with Crippen molar-refractivity contribution in [2.45, 2.75) is 33.2 Å². The summed E-state index contributed by atoms with van der Waals surface area (Å²) in [6, 6.07) is 5.50. The number of rotatable bonds is 4. The summed E-state index contributed by atoms with van der Waals surface area (Å²) in [6.07, 6.45) is 2.41. The fourth-order valence-electron chi connectivity index (χ4n) is 2.67. The molecule has 0 spiro atoms. The molecule has 1 saturated heterocycles. The third-order valence-electron chi connectivity index (χ3n) is 4.12. The molecule has 0 aromatic heterocycles. The fourth-order valence-corrected chi connectivity index (χ4v) is 2.67. The molecule has 1 fully saturated rings. The van der Waals surface area contributed by atoms with Crippen LogP contribution < -0.4 is 10.1 Å². The molecule has 0 radical (unpaired) electrons. The zero-order chi connectivity index (χ0) is 15.9. The highest BCUT2D eigenvalue weighted by Gasteiger charge is 2.18. The van der Waals surface area contributed by atoms with Crippen molar-refractivity contribution < 1.29 is 9.84 Å². The lowest BCUT2D eigenvalue weighted by Crippen LogP contribution is -2.45. The molecule has 0 saturated carbocycles. The Kier molecular flexibility index (Phi) is 8.51. The molecule has 1 aliphatic rings. The van der Waals surface area contributed by atoms with E-state index in [4.69, 9.17) is 4.74 Å². The van der Waals surface area contributed by atoms with Crippen LogP contribution in [0.25, 0.3) is 0 Å². The molecule has 1 aromatic rings. The number of ether oxygens (including phenoxy) is 1. The Morgan fingerprint density at radius 1 is 1.39 bits per heavy atom. The molecule has 6 heteroatoms. The second-order valence-corrected chi connectivity index (χ2v) is 5.81. The second kappa shape index (κ2) is 9.85. The summed E-state index contributed by atoms with van der Waals surface area (Å²) in [6.45, 7) is 7.74. The monoisotopic (exact) mass is 433 g/mol. The first kappa shape index (κ1) is 19.9. The third-order valence-corrected chi connectivity index (χ3v) is 4.12. The first-order valence-electron chi connectivity index (χ1n) is 8.03. The molecule has 0 atom stereocenters. The number of aromatic hydroxyl groups is 1. The van der Waals surface area contributed by atoms with Crippen LogP contribution in [0.3, 0.4) is 0 Å². The minimum atomic E-state index is 0. The van der Waals surface area contributed by atoms with E-state index in [9.17, 15) is 5.11 Å². The third kappa shape index (κ3) is 5.44.